The van der Waals surface area contributed by atoms with Gasteiger partial charge in [-0.1, -0.05) is 12.1 Å². The van der Waals surface area contributed by atoms with Crippen molar-refractivity contribution in [3.05, 3.63) is 42.5 Å². The molecule has 1 aromatic carbocycles. The largest absolute Gasteiger partial charge is 0.497 e. The molecule has 0 aliphatic heterocycles. The molecule has 1 aromatic heterocycles. The first-order chi connectivity index (χ1) is 8.31. The van der Waals surface area contributed by atoms with E-state index in [0.29, 0.717) is 0 Å². The summed E-state index contributed by atoms with van der Waals surface area (Å²) in [6, 6.07) is 13.5. The summed E-state index contributed by atoms with van der Waals surface area (Å²) in [7, 11) is 3.50. The van der Waals surface area contributed by atoms with E-state index in [0.717, 1.165) is 23.1 Å². The number of rotatable bonds is 4. The fraction of sp³-hybridized carbons (Fsp3) is 0.154. The molecular weight excluding hydrogens is 214 g/mol. The van der Waals surface area contributed by atoms with E-state index < -0.39 is 0 Å². The number of nitrogens with one attached hydrogen (secondary N) is 2. The Balaban J connectivity index is 2.18. The Morgan fingerprint density at radius 3 is 2.59 bits per heavy atom. The van der Waals surface area contributed by atoms with Crippen molar-refractivity contribution in [1.29, 1.82) is 0 Å². The fourth-order valence-corrected chi connectivity index (χ4v) is 1.49. The van der Waals surface area contributed by atoms with E-state index in [9.17, 15) is 0 Å². The van der Waals surface area contributed by atoms with Gasteiger partial charge in [0, 0.05) is 18.8 Å². The summed E-state index contributed by atoms with van der Waals surface area (Å²) in [5.41, 5.74) is 0.949. The van der Waals surface area contributed by atoms with Crippen molar-refractivity contribution in [3.8, 4) is 5.75 Å². The van der Waals surface area contributed by atoms with E-state index in [4.69, 9.17) is 4.74 Å². The van der Waals surface area contributed by atoms with Gasteiger partial charge in [0.15, 0.2) is 0 Å². The normalized spacial score (nSPS) is 9.76. The van der Waals surface area contributed by atoms with Gasteiger partial charge in [0.1, 0.15) is 17.4 Å². The van der Waals surface area contributed by atoms with E-state index in [1.807, 2.05) is 49.5 Å². The van der Waals surface area contributed by atoms with Crippen LogP contribution < -0.4 is 15.4 Å². The summed E-state index contributed by atoms with van der Waals surface area (Å²) >= 11 is 0. The first kappa shape index (κ1) is 11.3. The third-order valence-corrected chi connectivity index (χ3v) is 2.35. The SMILES string of the molecule is CNc1cccc(Nc2cccc(OC)c2)n1. The van der Waals surface area contributed by atoms with Crippen LogP contribution in [0.15, 0.2) is 42.5 Å². The molecule has 0 spiro atoms. The number of ether oxygens (including phenoxy) is 1. The minimum atomic E-state index is 0.796. The smallest absolute Gasteiger partial charge is 0.132 e. The Labute approximate surface area is 101 Å². The maximum atomic E-state index is 5.16. The van der Waals surface area contributed by atoms with Gasteiger partial charge in [0.25, 0.3) is 0 Å². The maximum absolute atomic E-state index is 5.16. The van der Waals surface area contributed by atoms with Crippen LogP contribution in [0, 0.1) is 0 Å². The van der Waals surface area contributed by atoms with Crippen molar-refractivity contribution in [1.82, 2.24) is 4.98 Å². The molecule has 88 valence electrons. The van der Waals surface area contributed by atoms with Crippen LogP contribution >= 0.6 is 0 Å². The molecule has 0 saturated carbocycles. The first-order valence-corrected chi connectivity index (χ1v) is 5.37. The molecule has 0 aliphatic rings. The molecule has 0 atom stereocenters. The zero-order valence-corrected chi connectivity index (χ0v) is 9.90. The molecule has 0 unspecified atom stereocenters. The molecule has 17 heavy (non-hydrogen) atoms. The quantitative estimate of drug-likeness (QED) is 0.846. The van der Waals surface area contributed by atoms with Crippen molar-refractivity contribution in [2.75, 3.05) is 24.8 Å². The third-order valence-electron chi connectivity index (χ3n) is 2.35. The fourth-order valence-electron chi connectivity index (χ4n) is 1.49. The molecule has 0 saturated heterocycles. The van der Waals surface area contributed by atoms with Gasteiger partial charge in [0.2, 0.25) is 0 Å². The summed E-state index contributed by atoms with van der Waals surface area (Å²) in [6.07, 6.45) is 0. The Bertz CT molecular complexity index is 454. The molecule has 0 fully saturated rings. The Morgan fingerprint density at radius 1 is 1.06 bits per heavy atom. The van der Waals surface area contributed by atoms with Crippen LogP contribution in [0.1, 0.15) is 0 Å². The van der Waals surface area contributed by atoms with E-state index >= 15 is 0 Å². The van der Waals surface area contributed by atoms with Gasteiger partial charge in [-0.15, -0.1) is 0 Å². The number of benzene rings is 1. The minimum Gasteiger partial charge on any atom is -0.497 e. The molecule has 0 bridgehead atoms. The van der Waals surface area contributed by atoms with Crippen LogP contribution in [-0.2, 0) is 0 Å². The number of methoxy groups -OCH3 is 1. The van der Waals surface area contributed by atoms with E-state index in [1.165, 1.54) is 0 Å². The van der Waals surface area contributed by atoms with Crippen LogP contribution in [0.25, 0.3) is 0 Å². The second-order valence-electron chi connectivity index (χ2n) is 3.52. The van der Waals surface area contributed by atoms with Crippen molar-refractivity contribution in [3.63, 3.8) is 0 Å². The topological polar surface area (TPSA) is 46.2 Å². The van der Waals surface area contributed by atoms with Crippen molar-refractivity contribution >= 4 is 17.3 Å². The zero-order valence-electron chi connectivity index (χ0n) is 9.90. The molecule has 2 N–H and O–H groups in total. The molecule has 0 radical (unpaired) electrons. The molecule has 0 aliphatic carbocycles. The summed E-state index contributed by atoms with van der Waals surface area (Å²) < 4.78 is 5.16. The molecule has 4 nitrogen and oxygen atoms in total. The van der Waals surface area contributed by atoms with Gasteiger partial charge >= 0.3 is 0 Å². The lowest BCUT2D eigenvalue weighted by atomic mass is 10.3. The van der Waals surface area contributed by atoms with Gasteiger partial charge in [-0.25, -0.2) is 4.98 Å². The third kappa shape index (κ3) is 2.87. The number of nitrogens with zero attached hydrogens (tertiary/aromatic N) is 1. The number of anilines is 3. The second-order valence-corrected chi connectivity index (χ2v) is 3.52. The Morgan fingerprint density at radius 2 is 1.82 bits per heavy atom. The summed E-state index contributed by atoms with van der Waals surface area (Å²) in [5.74, 6) is 2.45. The predicted molar refractivity (Wildman–Crippen MR) is 70.1 cm³/mol. The highest BCUT2D eigenvalue weighted by atomic mass is 16.5. The number of aromatic nitrogens is 1. The maximum Gasteiger partial charge on any atom is 0.132 e. The number of pyridine rings is 1. The van der Waals surface area contributed by atoms with Crippen LogP contribution in [-0.4, -0.2) is 19.1 Å². The van der Waals surface area contributed by atoms with E-state index in [-0.39, 0.29) is 0 Å². The zero-order chi connectivity index (χ0) is 12.1. The van der Waals surface area contributed by atoms with E-state index in [2.05, 4.69) is 15.6 Å². The van der Waals surface area contributed by atoms with Crippen LogP contribution in [0.4, 0.5) is 17.3 Å². The standard InChI is InChI=1S/C13H15N3O/c1-14-12-7-4-8-13(16-12)15-10-5-3-6-11(9-10)17-2/h3-9H,1-2H3,(H2,14,15,16). The van der Waals surface area contributed by atoms with E-state index in [1.54, 1.807) is 7.11 Å². The van der Waals surface area contributed by atoms with Crippen LogP contribution in [0.2, 0.25) is 0 Å². The summed E-state index contributed by atoms with van der Waals surface area (Å²) in [6.45, 7) is 0. The molecule has 4 heteroatoms. The number of hydrogen-bond acceptors (Lipinski definition) is 4. The molecule has 0 amide bonds. The molecule has 2 rings (SSSR count). The van der Waals surface area contributed by atoms with Gasteiger partial charge < -0.3 is 15.4 Å². The lowest BCUT2D eigenvalue weighted by molar-refractivity contribution is 0.415. The summed E-state index contributed by atoms with van der Waals surface area (Å²) in [5, 5.41) is 6.22. The number of hydrogen-bond donors (Lipinski definition) is 2. The van der Waals surface area contributed by atoms with Gasteiger partial charge in [-0.2, -0.15) is 0 Å². The average Bonchev–Trinajstić information content (AvgIpc) is 2.39. The first-order valence-electron chi connectivity index (χ1n) is 5.37. The second kappa shape index (κ2) is 5.21. The van der Waals surface area contributed by atoms with Gasteiger partial charge in [-0.05, 0) is 24.3 Å². The highest BCUT2D eigenvalue weighted by Crippen LogP contribution is 2.20. The van der Waals surface area contributed by atoms with Gasteiger partial charge in [-0.3, -0.25) is 0 Å². The van der Waals surface area contributed by atoms with Gasteiger partial charge in [0.05, 0.1) is 7.11 Å². The summed E-state index contributed by atoms with van der Waals surface area (Å²) in [4.78, 5) is 4.38. The Kier molecular flexibility index (Phi) is 3.45. The van der Waals surface area contributed by atoms with Crippen molar-refractivity contribution in [2.24, 2.45) is 0 Å². The lowest BCUT2D eigenvalue weighted by Crippen LogP contribution is -1.97. The minimum absolute atomic E-state index is 0.796. The molecular formula is C13H15N3O. The highest BCUT2D eigenvalue weighted by molar-refractivity contribution is 5.59. The predicted octanol–water partition coefficient (Wildman–Crippen LogP) is 2.88. The monoisotopic (exact) mass is 229 g/mol. The van der Waals surface area contributed by atoms with Crippen molar-refractivity contribution < 1.29 is 4.74 Å². The molecule has 1 heterocycles. The average molecular weight is 229 g/mol. The Hall–Kier alpha value is -2.23. The van der Waals surface area contributed by atoms with Crippen LogP contribution in [0.3, 0.4) is 0 Å². The van der Waals surface area contributed by atoms with Crippen LogP contribution in [0.5, 0.6) is 5.75 Å². The van der Waals surface area contributed by atoms with Crippen molar-refractivity contribution in [2.45, 2.75) is 0 Å². The lowest BCUT2D eigenvalue weighted by Gasteiger charge is -2.08. The highest BCUT2D eigenvalue weighted by Gasteiger charge is 1.98. The molecule has 2 aromatic rings.